The number of rotatable bonds is 10. The Morgan fingerprint density at radius 1 is 0.818 bits per heavy atom. The molecule has 8 nitrogen and oxygen atoms in total. The van der Waals surface area contributed by atoms with Crippen LogP contribution < -0.4 is 23.7 Å². The second-order valence-electron chi connectivity index (χ2n) is 7.82. The first-order chi connectivity index (χ1) is 15.8. The molecule has 33 heavy (non-hydrogen) atoms. The molecule has 0 aromatic heterocycles. The topological polar surface area (TPSA) is 89.5 Å². The molecule has 2 aromatic carbocycles. The molecule has 1 saturated heterocycles. The minimum absolute atomic E-state index is 0.102. The van der Waals surface area contributed by atoms with E-state index in [1.165, 1.54) is 13.4 Å². The predicted molar refractivity (Wildman–Crippen MR) is 124 cm³/mol. The summed E-state index contributed by atoms with van der Waals surface area (Å²) in [4.78, 5) is 0.102. The van der Waals surface area contributed by atoms with Crippen molar-refractivity contribution >= 4 is 9.84 Å². The van der Waals surface area contributed by atoms with E-state index in [-0.39, 0.29) is 22.9 Å². The van der Waals surface area contributed by atoms with Gasteiger partial charge in [-0.15, -0.1) is 0 Å². The van der Waals surface area contributed by atoms with Crippen LogP contribution in [0.1, 0.15) is 49.5 Å². The highest BCUT2D eigenvalue weighted by Gasteiger charge is 2.32. The maximum atomic E-state index is 12.5. The van der Waals surface area contributed by atoms with Crippen molar-refractivity contribution < 1.29 is 36.8 Å². The minimum atomic E-state index is -3.55. The summed E-state index contributed by atoms with van der Waals surface area (Å²) in [7, 11) is 2.65. The molecule has 0 spiro atoms. The van der Waals surface area contributed by atoms with Gasteiger partial charge in [-0.2, -0.15) is 0 Å². The lowest BCUT2D eigenvalue weighted by Crippen LogP contribution is -2.08. The zero-order chi connectivity index (χ0) is 24.2. The van der Waals surface area contributed by atoms with Gasteiger partial charge in [0.1, 0.15) is 4.90 Å². The maximum Gasteiger partial charge on any atom is 0.203 e. The summed E-state index contributed by atoms with van der Waals surface area (Å²) in [5.74, 6) is 2.24. The Labute approximate surface area is 195 Å². The summed E-state index contributed by atoms with van der Waals surface area (Å²) < 4.78 is 58.9. The number of hydrogen-bond acceptors (Lipinski definition) is 8. The summed E-state index contributed by atoms with van der Waals surface area (Å²) in [6.07, 6.45) is 2.85. The quantitative estimate of drug-likeness (QED) is 0.491. The van der Waals surface area contributed by atoms with Gasteiger partial charge in [0.25, 0.3) is 0 Å². The fraction of sp³-hybridized carbons (Fsp3) is 0.500. The van der Waals surface area contributed by atoms with Crippen molar-refractivity contribution in [2.75, 3.05) is 41.3 Å². The van der Waals surface area contributed by atoms with Gasteiger partial charge in [0.15, 0.2) is 32.8 Å². The molecule has 9 heteroatoms. The highest BCUT2D eigenvalue weighted by atomic mass is 32.2. The second kappa shape index (κ2) is 10.5. The second-order valence-corrected chi connectivity index (χ2v) is 9.80. The third-order valence-electron chi connectivity index (χ3n) is 5.56. The van der Waals surface area contributed by atoms with Gasteiger partial charge < -0.3 is 28.4 Å². The van der Waals surface area contributed by atoms with E-state index in [0.717, 1.165) is 24.0 Å². The largest absolute Gasteiger partial charge is 0.493 e. The SMILES string of the molecule is CCCOc1c(OC)cc(C2CCC(c3cc(OC)c(OC)c(OC)c3)O2)cc1S(C)(=O)=O. The van der Waals surface area contributed by atoms with Crippen LogP contribution in [0.5, 0.6) is 28.7 Å². The molecule has 2 unspecified atom stereocenters. The molecule has 3 rings (SSSR count). The Morgan fingerprint density at radius 3 is 1.73 bits per heavy atom. The summed E-state index contributed by atoms with van der Waals surface area (Å²) in [6, 6.07) is 7.17. The van der Waals surface area contributed by atoms with E-state index in [4.69, 9.17) is 28.4 Å². The molecule has 1 heterocycles. The molecule has 0 radical (unpaired) electrons. The predicted octanol–water partition coefficient (Wildman–Crippen LogP) is 4.51. The highest BCUT2D eigenvalue weighted by Crippen LogP contribution is 2.47. The summed E-state index contributed by atoms with van der Waals surface area (Å²) >= 11 is 0. The third kappa shape index (κ3) is 5.30. The molecule has 182 valence electrons. The molecule has 0 amide bonds. The van der Waals surface area contributed by atoms with Gasteiger partial charge in [-0.25, -0.2) is 8.42 Å². The van der Waals surface area contributed by atoms with Crippen molar-refractivity contribution in [1.29, 1.82) is 0 Å². The van der Waals surface area contributed by atoms with Crippen molar-refractivity contribution in [3.05, 3.63) is 35.4 Å². The van der Waals surface area contributed by atoms with Gasteiger partial charge in [-0.1, -0.05) is 6.92 Å². The Morgan fingerprint density at radius 2 is 1.30 bits per heavy atom. The van der Waals surface area contributed by atoms with Crippen LogP contribution in [0.2, 0.25) is 0 Å². The fourth-order valence-corrected chi connectivity index (χ4v) is 4.82. The molecule has 1 aliphatic rings. The number of methoxy groups -OCH3 is 4. The van der Waals surface area contributed by atoms with E-state index >= 15 is 0 Å². The van der Waals surface area contributed by atoms with E-state index in [1.807, 2.05) is 19.1 Å². The van der Waals surface area contributed by atoms with Crippen LogP contribution in [0, 0.1) is 0 Å². The molecule has 0 saturated carbocycles. The molecular weight excluding hydrogens is 448 g/mol. The van der Waals surface area contributed by atoms with Crippen molar-refractivity contribution in [3.63, 3.8) is 0 Å². The molecule has 2 aromatic rings. The molecule has 2 atom stereocenters. The first-order valence-electron chi connectivity index (χ1n) is 10.8. The Hall–Kier alpha value is -2.65. The zero-order valence-electron chi connectivity index (χ0n) is 20.0. The van der Waals surface area contributed by atoms with E-state index in [9.17, 15) is 8.42 Å². The first-order valence-corrected chi connectivity index (χ1v) is 12.7. The molecular formula is C24H32O8S. The monoisotopic (exact) mass is 480 g/mol. The van der Waals surface area contributed by atoms with Crippen molar-refractivity contribution in [1.82, 2.24) is 0 Å². The number of ether oxygens (including phenoxy) is 6. The molecule has 1 fully saturated rings. The van der Waals surface area contributed by atoms with Crippen molar-refractivity contribution in [2.45, 2.75) is 43.3 Å². The van der Waals surface area contributed by atoms with Crippen molar-refractivity contribution in [3.8, 4) is 28.7 Å². The average Bonchev–Trinajstić information content (AvgIpc) is 3.30. The molecule has 1 aliphatic heterocycles. The smallest absolute Gasteiger partial charge is 0.203 e. The van der Waals surface area contributed by atoms with Crippen LogP contribution >= 0.6 is 0 Å². The lowest BCUT2D eigenvalue weighted by molar-refractivity contribution is 0.0435. The lowest BCUT2D eigenvalue weighted by atomic mass is 10.0. The molecule has 0 bridgehead atoms. The van der Waals surface area contributed by atoms with Crippen LogP contribution in [0.3, 0.4) is 0 Å². The lowest BCUT2D eigenvalue weighted by Gasteiger charge is -2.20. The van der Waals surface area contributed by atoms with E-state index in [2.05, 4.69) is 0 Å². The highest BCUT2D eigenvalue weighted by molar-refractivity contribution is 7.90. The van der Waals surface area contributed by atoms with E-state index in [1.54, 1.807) is 33.5 Å². The van der Waals surface area contributed by atoms with Gasteiger partial charge in [-0.3, -0.25) is 0 Å². The number of benzene rings is 2. The Bertz CT molecular complexity index is 1060. The van der Waals surface area contributed by atoms with Crippen molar-refractivity contribution in [2.24, 2.45) is 0 Å². The van der Waals surface area contributed by atoms with Crippen LogP contribution in [-0.4, -0.2) is 49.7 Å². The third-order valence-corrected chi connectivity index (χ3v) is 6.67. The average molecular weight is 481 g/mol. The van der Waals surface area contributed by atoms with Crippen LogP contribution in [0.4, 0.5) is 0 Å². The zero-order valence-corrected chi connectivity index (χ0v) is 20.8. The number of hydrogen-bond donors (Lipinski definition) is 0. The van der Waals surface area contributed by atoms with Gasteiger partial charge >= 0.3 is 0 Å². The summed E-state index contributed by atoms with van der Waals surface area (Å²) in [5, 5.41) is 0. The number of sulfone groups is 1. The first kappa shape index (κ1) is 25.0. The van der Waals surface area contributed by atoms with Gasteiger partial charge in [0.05, 0.1) is 47.3 Å². The summed E-state index contributed by atoms with van der Waals surface area (Å²) in [5.41, 5.74) is 1.62. The molecule has 0 aliphatic carbocycles. The maximum absolute atomic E-state index is 12.5. The molecule has 0 N–H and O–H groups in total. The van der Waals surface area contributed by atoms with Gasteiger partial charge in [0.2, 0.25) is 5.75 Å². The van der Waals surface area contributed by atoms with Crippen LogP contribution in [-0.2, 0) is 14.6 Å². The van der Waals surface area contributed by atoms with E-state index in [0.29, 0.717) is 36.0 Å². The van der Waals surface area contributed by atoms with Gasteiger partial charge in [-0.05, 0) is 54.7 Å². The van der Waals surface area contributed by atoms with Crippen LogP contribution in [0.15, 0.2) is 29.2 Å². The summed E-state index contributed by atoms with van der Waals surface area (Å²) in [6.45, 7) is 2.35. The Kier molecular flexibility index (Phi) is 7.97. The Balaban J connectivity index is 1.95. The van der Waals surface area contributed by atoms with E-state index < -0.39 is 9.84 Å². The minimum Gasteiger partial charge on any atom is -0.493 e. The van der Waals surface area contributed by atoms with Crippen LogP contribution in [0.25, 0.3) is 0 Å². The van der Waals surface area contributed by atoms with Gasteiger partial charge in [0, 0.05) is 6.26 Å². The standard InChI is InChI=1S/C24H32O8S/c1-7-10-31-24-21(29-4)13-16(14-22(24)33(6,25)26)18-9-8-17(32-18)15-11-19(27-2)23(30-5)20(12-15)28-3/h11-14,17-18H,7-10H2,1-6H3. The fourth-order valence-electron chi connectivity index (χ4n) is 3.97. The normalized spacial score (nSPS) is 18.1.